The summed E-state index contributed by atoms with van der Waals surface area (Å²) in [6.45, 7) is 10.9. The maximum atomic E-state index is 13.3. The predicted octanol–water partition coefficient (Wildman–Crippen LogP) is 5.34. The van der Waals surface area contributed by atoms with E-state index in [1.807, 2.05) is 7.05 Å². The van der Waals surface area contributed by atoms with Gasteiger partial charge in [-0.1, -0.05) is 32.4 Å². The van der Waals surface area contributed by atoms with E-state index in [1.54, 1.807) is 5.57 Å². The monoisotopic (exact) mass is 469 g/mol. The first-order valence-electron chi connectivity index (χ1n) is 14.5. The maximum absolute atomic E-state index is 13.3. The summed E-state index contributed by atoms with van der Waals surface area (Å²) < 4.78 is 0. The number of amides is 1. The van der Waals surface area contributed by atoms with Crippen LogP contribution in [0.2, 0.25) is 0 Å². The second-order valence-corrected chi connectivity index (χ2v) is 13.7. The summed E-state index contributed by atoms with van der Waals surface area (Å²) in [4.78, 5) is 18.1. The van der Waals surface area contributed by atoms with Crippen molar-refractivity contribution in [1.29, 1.82) is 0 Å². The number of carbonyl (C=O) groups excluding carboxylic acids is 1. The SMILES string of the molecule is CNC(CC(C)C)C(=O)N(C)C1CCC2(C)C(=CCC3C2CCC24CN(C)C(C)C2CCC34)C1. The molecule has 9 atom stereocenters. The first-order chi connectivity index (χ1) is 16.1. The summed E-state index contributed by atoms with van der Waals surface area (Å²) >= 11 is 0. The van der Waals surface area contributed by atoms with Gasteiger partial charge >= 0.3 is 0 Å². The molecule has 4 heteroatoms. The molecule has 5 rings (SSSR count). The van der Waals surface area contributed by atoms with Crippen LogP contribution in [-0.4, -0.2) is 61.5 Å². The van der Waals surface area contributed by atoms with Gasteiger partial charge in [-0.15, -0.1) is 0 Å². The number of allylic oxidation sites excluding steroid dienone is 1. The van der Waals surface area contributed by atoms with Crippen molar-refractivity contribution in [2.24, 2.45) is 40.4 Å². The van der Waals surface area contributed by atoms with Gasteiger partial charge in [0, 0.05) is 25.7 Å². The summed E-state index contributed by atoms with van der Waals surface area (Å²) in [5, 5.41) is 3.29. The molecule has 0 radical (unpaired) electrons. The second-order valence-electron chi connectivity index (χ2n) is 13.7. The highest BCUT2D eigenvalue weighted by Crippen LogP contribution is 2.68. The van der Waals surface area contributed by atoms with Crippen LogP contribution in [0.15, 0.2) is 11.6 Å². The number of nitrogens with one attached hydrogen (secondary N) is 1. The topological polar surface area (TPSA) is 35.6 Å². The Balaban J connectivity index is 1.32. The van der Waals surface area contributed by atoms with Crippen molar-refractivity contribution in [2.45, 2.75) is 104 Å². The van der Waals surface area contributed by atoms with E-state index in [9.17, 15) is 4.79 Å². The first-order valence-corrected chi connectivity index (χ1v) is 14.5. The number of nitrogens with zero attached hydrogens (tertiary/aromatic N) is 2. The molecular formula is C30H51N3O. The molecule has 0 aromatic carbocycles. The zero-order chi connectivity index (χ0) is 24.4. The average Bonchev–Trinajstić information content (AvgIpc) is 3.29. The van der Waals surface area contributed by atoms with E-state index in [1.165, 1.54) is 45.1 Å². The lowest BCUT2D eigenvalue weighted by atomic mass is 9.47. The van der Waals surface area contributed by atoms with Gasteiger partial charge in [-0.25, -0.2) is 0 Å². The largest absolute Gasteiger partial charge is 0.341 e. The quantitative estimate of drug-likeness (QED) is 0.552. The molecule has 1 amide bonds. The third-order valence-corrected chi connectivity index (χ3v) is 11.9. The Hall–Kier alpha value is -0.870. The smallest absolute Gasteiger partial charge is 0.239 e. The summed E-state index contributed by atoms with van der Waals surface area (Å²) in [6, 6.07) is 1.08. The fraction of sp³-hybridized carbons (Fsp3) is 0.900. The number of hydrogen-bond acceptors (Lipinski definition) is 3. The van der Waals surface area contributed by atoms with Gasteiger partial charge in [-0.3, -0.25) is 4.79 Å². The third-order valence-electron chi connectivity index (χ3n) is 11.9. The first kappa shape index (κ1) is 24.8. The van der Waals surface area contributed by atoms with Gasteiger partial charge in [-0.05, 0) is 119 Å². The van der Waals surface area contributed by atoms with Gasteiger partial charge in [0.2, 0.25) is 5.91 Å². The minimum atomic E-state index is -0.0557. The van der Waals surface area contributed by atoms with Crippen molar-refractivity contribution in [1.82, 2.24) is 15.1 Å². The zero-order valence-electron chi connectivity index (χ0n) is 23.1. The van der Waals surface area contributed by atoms with Crippen molar-refractivity contribution in [3.8, 4) is 0 Å². The molecule has 4 fully saturated rings. The molecule has 3 saturated carbocycles. The van der Waals surface area contributed by atoms with Crippen LogP contribution < -0.4 is 5.32 Å². The molecule has 0 aromatic heterocycles. The molecule has 34 heavy (non-hydrogen) atoms. The highest BCUT2D eigenvalue weighted by atomic mass is 16.2. The Bertz CT molecular complexity index is 822. The van der Waals surface area contributed by atoms with Crippen LogP contribution in [0.25, 0.3) is 0 Å². The minimum Gasteiger partial charge on any atom is -0.341 e. The van der Waals surface area contributed by atoms with E-state index >= 15 is 0 Å². The maximum Gasteiger partial charge on any atom is 0.239 e. The van der Waals surface area contributed by atoms with E-state index in [4.69, 9.17) is 0 Å². The van der Waals surface area contributed by atoms with Gasteiger partial charge in [0.25, 0.3) is 0 Å². The fourth-order valence-corrected chi connectivity index (χ4v) is 10.0. The Morgan fingerprint density at radius 1 is 1.18 bits per heavy atom. The number of rotatable bonds is 5. The third kappa shape index (κ3) is 3.64. The van der Waals surface area contributed by atoms with Crippen LogP contribution in [0.3, 0.4) is 0 Å². The Labute approximate surface area is 209 Å². The molecule has 1 aliphatic heterocycles. The molecule has 1 saturated heterocycles. The Kier molecular flexibility index (Phi) is 6.50. The Morgan fingerprint density at radius 3 is 2.62 bits per heavy atom. The lowest BCUT2D eigenvalue weighted by Gasteiger charge is -2.58. The highest BCUT2D eigenvalue weighted by Gasteiger charge is 2.64. The van der Waals surface area contributed by atoms with Crippen LogP contribution in [0.4, 0.5) is 0 Å². The molecule has 0 bridgehead atoms. The fourth-order valence-electron chi connectivity index (χ4n) is 10.0. The summed E-state index contributed by atoms with van der Waals surface area (Å²) in [7, 11) is 6.38. The van der Waals surface area contributed by atoms with Gasteiger partial charge in [-0.2, -0.15) is 0 Å². The molecule has 4 aliphatic carbocycles. The number of carbonyl (C=O) groups is 1. The van der Waals surface area contributed by atoms with E-state index in [2.05, 4.69) is 63.0 Å². The number of likely N-dealkylation sites (tertiary alicyclic amines) is 1. The highest BCUT2D eigenvalue weighted by molar-refractivity contribution is 5.82. The predicted molar refractivity (Wildman–Crippen MR) is 140 cm³/mol. The molecule has 9 unspecified atom stereocenters. The van der Waals surface area contributed by atoms with Crippen molar-refractivity contribution < 1.29 is 4.79 Å². The lowest BCUT2D eigenvalue weighted by molar-refractivity contribution is -0.135. The second kappa shape index (κ2) is 8.91. The molecule has 1 heterocycles. The normalized spacial score (nSPS) is 44.6. The van der Waals surface area contributed by atoms with Crippen molar-refractivity contribution in [2.75, 3.05) is 27.7 Å². The van der Waals surface area contributed by atoms with Gasteiger partial charge in [0.15, 0.2) is 0 Å². The van der Waals surface area contributed by atoms with E-state index < -0.39 is 0 Å². The molecule has 0 aromatic rings. The zero-order valence-corrected chi connectivity index (χ0v) is 23.1. The molecule has 192 valence electrons. The summed E-state index contributed by atoms with van der Waals surface area (Å²) in [5.74, 6) is 4.43. The number of hydrogen-bond donors (Lipinski definition) is 1. The van der Waals surface area contributed by atoms with Crippen LogP contribution in [-0.2, 0) is 4.79 Å². The van der Waals surface area contributed by atoms with Crippen LogP contribution in [0.5, 0.6) is 0 Å². The summed E-state index contributed by atoms with van der Waals surface area (Å²) in [5.41, 5.74) is 2.66. The van der Waals surface area contributed by atoms with Gasteiger partial charge < -0.3 is 15.1 Å². The van der Waals surface area contributed by atoms with Crippen molar-refractivity contribution in [3.05, 3.63) is 11.6 Å². The molecule has 1 N–H and O–H groups in total. The standard InChI is InChI=1S/C30H51N3O/c1-19(2)16-27(31-5)28(34)33(7)22-12-14-29(4)21(17-22)8-9-23-25(29)13-15-30-18-32(6)20(3)24(30)10-11-26(23)30/h8,19-20,22-27,31H,9-18H2,1-7H3. The van der Waals surface area contributed by atoms with E-state index in [-0.39, 0.29) is 11.9 Å². The minimum absolute atomic E-state index is 0.0557. The van der Waals surface area contributed by atoms with Crippen LogP contribution in [0, 0.1) is 40.4 Å². The van der Waals surface area contributed by atoms with Gasteiger partial charge in [0.05, 0.1) is 6.04 Å². The summed E-state index contributed by atoms with van der Waals surface area (Å²) in [6.07, 6.45) is 14.2. The number of fused-ring (bicyclic) bond motifs is 4. The molecular weight excluding hydrogens is 418 g/mol. The number of likely N-dealkylation sites (N-methyl/N-ethyl adjacent to an activating group) is 2. The molecule has 1 spiro atoms. The Morgan fingerprint density at radius 2 is 1.91 bits per heavy atom. The van der Waals surface area contributed by atoms with E-state index in [0.29, 0.717) is 22.8 Å². The lowest BCUT2D eigenvalue weighted by Crippen LogP contribution is -2.54. The molecule has 4 nitrogen and oxygen atoms in total. The van der Waals surface area contributed by atoms with Crippen LogP contribution >= 0.6 is 0 Å². The van der Waals surface area contributed by atoms with Gasteiger partial charge in [0.1, 0.15) is 0 Å². The van der Waals surface area contributed by atoms with Crippen LogP contribution in [0.1, 0.15) is 85.5 Å². The average molecular weight is 470 g/mol. The van der Waals surface area contributed by atoms with E-state index in [0.717, 1.165) is 49.0 Å². The molecule has 5 aliphatic rings. The van der Waals surface area contributed by atoms with Crippen molar-refractivity contribution in [3.63, 3.8) is 0 Å². The van der Waals surface area contributed by atoms with Crippen molar-refractivity contribution >= 4 is 5.91 Å².